The number of thiocarbonyl (C=S) groups is 1. The molecule has 20 heavy (non-hydrogen) atoms. The van der Waals surface area contributed by atoms with Gasteiger partial charge in [-0.15, -0.1) is 0 Å². The number of rotatable bonds is 4. The van der Waals surface area contributed by atoms with Crippen molar-refractivity contribution >= 4 is 38.8 Å². The molecule has 0 aliphatic carbocycles. The highest BCUT2D eigenvalue weighted by Crippen LogP contribution is 2.33. The zero-order chi connectivity index (χ0) is 14.7. The van der Waals surface area contributed by atoms with Gasteiger partial charge >= 0.3 is 0 Å². The highest BCUT2D eigenvalue weighted by Gasteiger charge is 2.26. The maximum atomic E-state index is 14.6. The van der Waals surface area contributed by atoms with Crippen molar-refractivity contribution in [1.29, 1.82) is 0 Å². The van der Waals surface area contributed by atoms with Gasteiger partial charge in [-0.2, -0.15) is 0 Å². The van der Waals surface area contributed by atoms with Crippen LogP contribution in [0.3, 0.4) is 0 Å². The van der Waals surface area contributed by atoms with Gasteiger partial charge in [-0.1, -0.05) is 12.2 Å². The third kappa shape index (κ3) is 3.13. The van der Waals surface area contributed by atoms with Crippen LogP contribution in [0, 0.1) is 5.82 Å². The van der Waals surface area contributed by atoms with E-state index in [4.69, 9.17) is 23.1 Å². The molecule has 6 heteroatoms. The minimum absolute atomic E-state index is 0.120. The van der Waals surface area contributed by atoms with E-state index in [1.807, 2.05) is 4.90 Å². The van der Waals surface area contributed by atoms with Crippen molar-refractivity contribution in [2.45, 2.75) is 31.7 Å². The van der Waals surface area contributed by atoms with Crippen molar-refractivity contribution in [3.8, 4) is 0 Å². The van der Waals surface area contributed by atoms with Gasteiger partial charge in [-0.25, -0.2) is 4.39 Å². The van der Waals surface area contributed by atoms with E-state index in [2.05, 4.69) is 15.9 Å². The van der Waals surface area contributed by atoms with Gasteiger partial charge in [0, 0.05) is 24.8 Å². The van der Waals surface area contributed by atoms with Crippen LogP contribution >= 0.6 is 28.1 Å². The Kier molecular flexibility index (Phi) is 5.35. The zero-order valence-electron chi connectivity index (χ0n) is 11.1. The lowest BCUT2D eigenvalue weighted by molar-refractivity contribution is 0.262. The number of anilines is 1. The molecular formula is C14H18BrFN2OS. The summed E-state index contributed by atoms with van der Waals surface area (Å²) in [7, 11) is 0. The van der Waals surface area contributed by atoms with Gasteiger partial charge in [-0.05, 0) is 53.7 Å². The molecule has 0 spiro atoms. The average Bonchev–Trinajstić information content (AvgIpc) is 2.43. The fourth-order valence-electron chi connectivity index (χ4n) is 2.72. The fourth-order valence-corrected chi connectivity index (χ4v) is 3.57. The second kappa shape index (κ2) is 6.83. The van der Waals surface area contributed by atoms with Crippen LogP contribution in [0.15, 0.2) is 16.6 Å². The number of halogens is 2. The number of piperidine rings is 1. The van der Waals surface area contributed by atoms with E-state index in [9.17, 15) is 4.39 Å². The Morgan fingerprint density at radius 2 is 2.25 bits per heavy atom. The first-order chi connectivity index (χ1) is 9.56. The van der Waals surface area contributed by atoms with Gasteiger partial charge in [0.25, 0.3) is 0 Å². The predicted molar refractivity (Wildman–Crippen MR) is 86.7 cm³/mol. The van der Waals surface area contributed by atoms with Gasteiger partial charge in [0.1, 0.15) is 4.99 Å². The van der Waals surface area contributed by atoms with Crippen molar-refractivity contribution in [3.05, 3.63) is 28.0 Å². The molecule has 2 rings (SSSR count). The second-order valence-electron chi connectivity index (χ2n) is 4.98. The summed E-state index contributed by atoms with van der Waals surface area (Å²) in [6.45, 7) is 0.926. The number of nitrogens with zero attached hydrogens (tertiary/aromatic N) is 1. The van der Waals surface area contributed by atoms with Crippen LogP contribution in [0.25, 0.3) is 0 Å². The van der Waals surface area contributed by atoms with Crippen LogP contribution in [0.2, 0.25) is 0 Å². The van der Waals surface area contributed by atoms with E-state index in [0.29, 0.717) is 22.1 Å². The van der Waals surface area contributed by atoms with Gasteiger partial charge in [0.05, 0.1) is 10.2 Å². The number of hydrogen-bond donors (Lipinski definition) is 2. The van der Waals surface area contributed by atoms with Crippen molar-refractivity contribution in [2.24, 2.45) is 5.73 Å². The quantitative estimate of drug-likeness (QED) is 0.810. The molecule has 1 unspecified atom stereocenters. The lowest BCUT2D eigenvalue weighted by Crippen LogP contribution is -2.40. The maximum absolute atomic E-state index is 14.6. The standard InChI is InChI=1S/C14H18BrFN2OS/c15-12-10(14(17)20)4-5-11(13(12)16)18-7-2-1-3-9(18)6-8-19/h4-5,9,19H,1-3,6-8H2,(H2,17,20). The van der Waals surface area contributed by atoms with E-state index in [1.165, 1.54) is 0 Å². The highest BCUT2D eigenvalue weighted by molar-refractivity contribution is 9.10. The Hall–Kier alpha value is -0.720. The first-order valence-corrected chi connectivity index (χ1v) is 7.91. The summed E-state index contributed by atoms with van der Waals surface area (Å²) < 4.78 is 14.9. The molecule has 3 nitrogen and oxygen atoms in total. The van der Waals surface area contributed by atoms with Gasteiger partial charge < -0.3 is 15.7 Å². The molecule has 110 valence electrons. The van der Waals surface area contributed by atoms with E-state index >= 15 is 0 Å². The average molecular weight is 361 g/mol. The summed E-state index contributed by atoms with van der Waals surface area (Å²) >= 11 is 8.15. The number of aliphatic hydroxyl groups excluding tert-OH is 1. The van der Waals surface area contributed by atoms with Crippen molar-refractivity contribution in [1.82, 2.24) is 0 Å². The topological polar surface area (TPSA) is 49.5 Å². The normalized spacial score (nSPS) is 19.1. The minimum Gasteiger partial charge on any atom is -0.396 e. The van der Waals surface area contributed by atoms with E-state index in [1.54, 1.807) is 12.1 Å². The van der Waals surface area contributed by atoms with E-state index < -0.39 is 0 Å². The van der Waals surface area contributed by atoms with E-state index in [0.717, 1.165) is 25.8 Å². The molecule has 3 N–H and O–H groups in total. The van der Waals surface area contributed by atoms with Crippen molar-refractivity contribution < 1.29 is 9.50 Å². The molecule has 1 atom stereocenters. The predicted octanol–water partition coefficient (Wildman–Crippen LogP) is 2.96. The molecule has 1 aliphatic heterocycles. The molecule has 1 aliphatic rings. The first-order valence-electron chi connectivity index (χ1n) is 6.71. The highest BCUT2D eigenvalue weighted by atomic mass is 79.9. The Morgan fingerprint density at radius 1 is 1.50 bits per heavy atom. The minimum atomic E-state index is -0.333. The molecule has 1 heterocycles. The van der Waals surface area contributed by atoms with Crippen LogP contribution in [0.4, 0.5) is 10.1 Å². The van der Waals surface area contributed by atoms with Gasteiger partial charge in [0.15, 0.2) is 5.82 Å². The van der Waals surface area contributed by atoms with Crippen LogP contribution in [0.1, 0.15) is 31.2 Å². The molecule has 1 saturated heterocycles. The van der Waals surface area contributed by atoms with Gasteiger partial charge in [-0.3, -0.25) is 0 Å². The Balaban J connectivity index is 2.36. The summed E-state index contributed by atoms with van der Waals surface area (Å²) in [5.74, 6) is -0.333. The lowest BCUT2D eigenvalue weighted by Gasteiger charge is -2.37. The smallest absolute Gasteiger partial charge is 0.161 e. The van der Waals surface area contributed by atoms with Crippen LogP contribution in [-0.2, 0) is 0 Å². The summed E-state index contributed by atoms with van der Waals surface area (Å²) in [6, 6.07) is 3.66. The first kappa shape index (κ1) is 15.7. The van der Waals surface area contributed by atoms with Crippen LogP contribution in [0.5, 0.6) is 0 Å². The lowest BCUT2D eigenvalue weighted by atomic mass is 9.98. The fraction of sp³-hybridized carbons (Fsp3) is 0.500. The molecule has 0 bridgehead atoms. The largest absolute Gasteiger partial charge is 0.396 e. The van der Waals surface area contributed by atoms with Gasteiger partial charge in [0.2, 0.25) is 0 Å². The van der Waals surface area contributed by atoms with Crippen LogP contribution in [-0.4, -0.2) is 29.3 Å². The number of nitrogens with two attached hydrogens (primary N) is 1. The Bertz CT molecular complexity index is 510. The third-order valence-corrected chi connectivity index (χ3v) is 4.72. The number of hydrogen-bond acceptors (Lipinski definition) is 3. The number of aliphatic hydroxyl groups is 1. The summed E-state index contributed by atoms with van der Waals surface area (Å²) in [6.07, 6.45) is 3.80. The maximum Gasteiger partial charge on any atom is 0.161 e. The van der Waals surface area contributed by atoms with Crippen molar-refractivity contribution in [2.75, 3.05) is 18.1 Å². The Morgan fingerprint density at radius 3 is 2.90 bits per heavy atom. The molecule has 0 radical (unpaired) electrons. The summed E-state index contributed by atoms with van der Waals surface area (Å²) in [4.78, 5) is 2.22. The number of benzene rings is 1. The summed E-state index contributed by atoms with van der Waals surface area (Å²) in [5.41, 5.74) is 6.64. The molecule has 1 aromatic rings. The monoisotopic (exact) mass is 360 g/mol. The molecule has 0 aromatic heterocycles. The van der Waals surface area contributed by atoms with E-state index in [-0.39, 0.29) is 23.5 Å². The third-order valence-electron chi connectivity index (χ3n) is 3.73. The molecule has 0 saturated carbocycles. The van der Waals surface area contributed by atoms with Crippen LogP contribution < -0.4 is 10.6 Å². The van der Waals surface area contributed by atoms with Crippen molar-refractivity contribution in [3.63, 3.8) is 0 Å². The molecule has 1 fully saturated rings. The second-order valence-corrected chi connectivity index (χ2v) is 6.21. The molecular weight excluding hydrogens is 343 g/mol. The Labute approximate surface area is 132 Å². The summed E-state index contributed by atoms with van der Waals surface area (Å²) in [5, 5.41) is 9.16. The zero-order valence-corrected chi connectivity index (χ0v) is 13.5. The molecule has 0 amide bonds. The SMILES string of the molecule is NC(=S)c1ccc(N2CCCCC2CCO)c(F)c1Br. The molecule has 1 aromatic carbocycles.